The molecule has 1 heteroatoms. The Bertz CT molecular complexity index is 352. The van der Waals surface area contributed by atoms with Crippen LogP contribution >= 0.6 is 0 Å². The van der Waals surface area contributed by atoms with E-state index in [1.807, 2.05) is 6.92 Å². The molecule has 0 saturated carbocycles. The molecule has 1 aromatic rings. The Morgan fingerprint density at radius 2 is 2.07 bits per heavy atom. The van der Waals surface area contributed by atoms with Crippen LogP contribution in [0.5, 0.6) is 5.75 Å². The fourth-order valence-corrected chi connectivity index (χ4v) is 2.34. The van der Waals surface area contributed by atoms with Crippen molar-refractivity contribution in [3.8, 4) is 5.75 Å². The van der Waals surface area contributed by atoms with E-state index < -0.39 is 0 Å². The first-order valence-electron chi connectivity index (χ1n) is 5.85. The maximum absolute atomic E-state index is 5.52. The standard InChI is InChI=1S/C14H20O/c1-4-15-13-6-5-12-10-14(2,3)8-7-11(12)9-13/h5-6,9H,4,7-8,10H2,1-3H3. The fraction of sp³-hybridized carbons (Fsp3) is 0.571. The molecule has 15 heavy (non-hydrogen) atoms. The summed E-state index contributed by atoms with van der Waals surface area (Å²) >= 11 is 0. The molecule has 0 fully saturated rings. The van der Waals surface area contributed by atoms with Gasteiger partial charge in [0.2, 0.25) is 0 Å². The molecule has 0 bridgehead atoms. The Kier molecular flexibility index (Phi) is 2.72. The van der Waals surface area contributed by atoms with Crippen molar-refractivity contribution in [2.75, 3.05) is 6.61 Å². The van der Waals surface area contributed by atoms with E-state index in [0.29, 0.717) is 5.41 Å². The van der Waals surface area contributed by atoms with Crippen LogP contribution in [0.1, 0.15) is 38.3 Å². The van der Waals surface area contributed by atoms with Crippen LogP contribution in [0.15, 0.2) is 18.2 Å². The van der Waals surface area contributed by atoms with Crippen LogP contribution in [0.2, 0.25) is 0 Å². The SMILES string of the molecule is CCOc1ccc2c(c1)CCC(C)(C)C2. The normalized spacial score (nSPS) is 18.3. The Balaban J connectivity index is 2.24. The molecule has 0 N–H and O–H groups in total. The van der Waals surface area contributed by atoms with Crippen molar-refractivity contribution in [3.05, 3.63) is 29.3 Å². The summed E-state index contributed by atoms with van der Waals surface area (Å²) < 4.78 is 5.52. The van der Waals surface area contributed by atoms with E-state index in [9.17, 15) is 0 Å². The van der Waals surface area contributed by atoms with Gasteiger partial charge in [0.05, 0.1) is 6.61 Å². The fourth-order valence-electron chi connectivity index (χ4n) is 2.34. The lowest BCUT2D eigenvalue weighted by Gasteiger charge is -2.31. The first kappa shape index (κ1) is 10.5. The molecule has 1 aliphatic carbocycles. The van der Waals surface area contributed by atoms with E-state index in [2.05, 4.69) is 32.0 Å². The first-order chi connectivity index (χ1) is 7.11. The van der Waals surface area contributed by atoms with Crippen molar-refractivity contribution in [3.63, 3.8) is 0 Å². The smallest absolute Gasteiger partial charge is 0.119 e. The Hall–Kier alpha value is -0.980. The van der Waals surface area contributed by atoms with E-state index in [-0.39, 0.29) is 0 Å². The minimum Gasteiger partial charge on any atom is -0.494 e. The number of ether oxygens (including phenoxy) is 1. The third-order valence-corrected chi connectivity index (χ3v) is 3.23. The molecule has 0 aliphatic heterocycles. The molecule has 2 rings (SSSR count). The highest BCUT2D eigenvalue weighted by molar-refractivity contribution is 5.38. The van der Waals surface area contributed by atoms with Gasteiger partial charge in [0.1, 0.15) is 5.75 Å². The summed E-state index contributed by atoms with van der Waals surface area (Å²) in [5.74, 6) is 1.02. The monoisotopic (exact) mass is 204 g/mol. The molecular formula is C14H20O. The van der Waals surface area contributed by atoms with Crippen molar-refractivity contribution >= 4 is 0 Å². The van der Waals surface area contributed by atoms with Gasteiger partial charge in [-0.05, 0) is 54.9 Å². The van der Waals surface area contributed by atoms with Crippen LogP contribution in [0.3, 0.4) is 0 Å². The third-order valence-electron chi connectivity index (χ3n) is 3.23. The second-order valence-corrected chi connectivity index (χ2v) is 5.20. The lowest BCUT2D eigenvalue weighted by Crippen LogP contribution is -2.22. The van der Waals surface area contributed by atoms with Crippen molar-refractivity contribution in [1.82, 2.24) is 0 Å². The molecule has 82 valence electrons. The van der Waals surface area contributed by atoms with Crippen LogP contribution in [0.25, 0.3) is 0 Å². The van der Waals surface area contributed by atoms with Gasteiger partial charge in [0.25, 0.3) is 0 Å². The van der Waals surface area contributed by atoms with Gasteiger partial charge >= 0.3 is 0 Å². The average Bonchev–Trinajstić information content (AvgIpc) is 2.18. The van der Waals surface area contributed by atoms with E-state index in [0.717, 1.165) is 12.4 Å². The Morgan fingerprint density at radius 1 is 1.27 bits per heavy atom. The Morgan fingerprint density at radius 3 is 2.80 bits per heavy atom. The third kappa shape index (κ3) is 2.34. The molecule has 1 aliphatic rings. The number of hydrogen-bond acceptors (Lipinski definition) is 1. The van der Waals surface area contributed by atoms with E-state index >= 15 is 0 Å². The van der Waals surface area contributed by atoms with Gasteiger partial charge in [-0.3, -0.25) is 0 Å². The highest BCUT2D eigenvalue weighted by Gasteiger charge is 2.25. The van der Waals surface area contributed by atoms with Gasteiger partial charge in [-0.25, -0.2) is 0 Å². The number of rotatable bonds is 2. The maximum Gasteiger partial charge on any atom is 0.119 e. The second kappa shape index (κ2) is 3.88. The van der Waals surface area contributed by atoms with Crippen LogP contribution in [-0.4, -0.2) is 6.61 Å². The number of aryl methyl sites for hydroxylation is 1. The van der Waals surface area contributed by atoms with Crippen LogP contribution in [0, 0.1) is 5.41 Å². The number of benzene rings is 1. The van der Waals surface area contributed by atoms with Gasteiger partial charge in [0.15, 0.2) is 0 Å². The lowest BCUT2D eigenvalue weighted by molar-refractivity contribution is 0.311. The molecule has 0 aromatic heterocycles. The highest BCUT2D eigenvalue weighted by Crippen LogP contribution is 2.35. The van der Waals surface area contributed by atoms with Gasteiger partial charge in [-0.15, -0.1) is 0 Å². The molecule has 0 saturated heterocycles. The average molecular weight is 204 g/mol. The summed E-state index contributed by atoms with van der Waals surface area (Å²) in [6.07, 6.45) is 3.69. The quantitative estimate of drug-likeness (QED) is 0.715. The molecule has 1 aromatic carbocycles. The topological polar surface area (TPSA) is 9.23 Å². The predicted octanol–water partition coefficient (Wildman–Crippen LogP) is 3.60. The van der Waals surface area contributed by atoms with Crippen molar-refractivity contribution in [1.29, 1.82) is 0 Å². The van der Waals surface area contributed by atoms with Gasteiger partial charge in [-0.1, -0.05) is 19.9 Å². The molecule has 0 radical (unpaired) electrons. The van der Waals surface area contributed by atoms with Crippen LogP contribution in [0.4, 0.5) is 0 Å². The summed E-state index contributed by atoms with van der Waals surface area (Å²) in [4.78, 5) is 0. The molecular weight excluding hydrogens is 184 g/mol. The van der Waals surface area contributed by atoms with Crippen molar-refractivity contribution in [2.45, 2.75) is 40.0 Å². The zero-order chi connectivity index (χ0) is 10.9. The zero-order valence-electron chi connectivity index (χ0n) is 9.97. The van der Waals surface area contributed by atoms with Gasteiger partial charge in [-0.2, -0.15) is 0 Å². The number of hydrogen-bond donors (Lipinski definition) is 0. The highest BCUT2D eigenvalue weighted by atomic mass is 16.5. The van der Waals surface area contributed by atoms with Crippen molar-refractivity contribution in [2.24, 2.45) is 5.41 Å². The van der Waals surface area contributed by atoms with Crippen molar-refractivity contribution < 1.29 is 4.74 Å². The Labute approximate surface area is 92.5 Å². The zero-order valence-corrected chi connectivity index (χ0v) is 9.97. The van der Waals surface area contributed by atoms with Gasteiger partial charge in [0, 0.05) is 0 Å². The molecule has 0 spiro atoms. The maximum atomic E-state index is 5.52. The second-order valence-electron chi connectivity index (χ2n) is 5.20. The summed E-state index contributed by atoms with van der Waals surface area (Å²) in [5, 5.41) is 0. The summed E-state index contributed by atoms with van der Waals surface area (Å²) in [7, 11) is 0. The molecule has 1 nitrogen and oxygen atoms in total. The number of fused-ring (bicyclic) bond motifs is 1. The van der Waals surface area contributed by atoms with Gasteiger partial charge < -0.3 is 4.74 Å². The molecule has 0 heterocycles. The lowest BCUT2D eigenvalue weighted by atomic mass is 9.74. The molecule has 0 unspecified atom stereocenters. The summed E-state index contributed by atoms with van der Waals surface area (Å²) in [6, 6.07) is 6.55. The van der Waals surface area contributed by atoms with E-state index in [1.54, 1.807) is 0 Å². The predicted molar refractivity (Wildman–Crippen MR) is 63.4 cm³/mol. The molecule has 0 atom stereocenters. The summed E-state index contributed by atoms with van der Waals surface area (Å²) in [5.41, 5.74) is 3.47. The molecule has 0 amide bonds. The summed E-state index contributed by atoms with van der Waals surface area (Å²) in [6.45, 7) is 7.49. The first-order valence-corrected chi connectivity index (χ1v) is 5.85. The van der Waals surface area contributed by atoms with Crippen LogP contribution in [-0.2, 0) is 12.8 Å². The van der Waals surface area contributed by atoms with E-state index in [1.165, 1.54) is 30.4 Å². The van der Waals surface area contributed by atoms with E-state index in [4.69, 9.17) is 4.74 Å². The minimum atomic E-state index is 0.472. The minimum absolute atomic E-state index is 0.472. The van der Waals surface area contributed by atoms with Crippen LogP contribution < -0.4 is 4.74 Å². The largest absolute Gasteiger partial charge is 0.494 e.